The van der Waals surface area contributed by atoms with E-state index in [0.29, 0.717) is 12.8 Å². The lowest BCUT2D eigenvalue weighted by atomic mass is 9.85. The van der Waals surface area contributed by atoms with E-state index in [-0.39, 0.29) is 18.5 Å². The lowest BCUT2D eigenvalue weighted by molar-refractivity contribution is -0.149. The van der Waals surface area contributed by atoms with Gasteiger partial charge in [0.1, 0.15) is 6.54 Å². The second-order valence-electron chi connectivity index (χ2n) is 4.84. The Hall–Kier alpha value is -1.92. The van der Waals surface area contributed by atoms with Crippen LogP contribution in [0.2, 0.25) is 0 Å². The van der Waals surface area contributed by atoms with Crippen LogP contribution >= 0.6 is 0 Å². The lowest BCUT2D eigenvalue weighted by Crippen LogP contribution is -2.47. The summed E-state index contributed by atoms with van der Waals surface area (Å²) in [6.45, 7) is 1.74. The molecule has 98 valence electrons. The number of carbonyl (C=O) groups is 2. The summed E-state index contributed by atoms with van der Waals surface area (Å²) in [4.78, 5) is 23.0. The van der Waals surface area contributed by atoms with Gasteiger partial charge in [-0.15, -0.1) is 5.10 Å². The average Bonchev–Trinajstić information content (AvgIpc) is 2.90. The van der Waals surface area contributed by atoms with Gasteiger partial charge in [-0.2, -0.15) is 0 Å². The molecule has 0 saturated heterocycles. The van der Waals surface area contributed by atoms with Crippen molar-refractivity contribution in [2.45, 2.75) is 38.8 Å². The van der Waals surface area contributed by atoms with E-state index in [1.165, 1.54) is 10.9 Å². The van der Waals surface area contributed by atoms with Gasteiger partial charge in [-0.1, -0.05) is 11.6 Å². The number of aliphatic carboxylic acids is 1. The number of carboxylic acid groups (broad SMARTS) is 1. The molecule has 1 heterocycles. The Morgan fingerprint density at radius 3 is 3.00 bits per heavy atom. The number of rotatable bonds is 4. The van der Waals surface area contributed by atoms with Crippen molar-refractivity contribution in [1.82, 2.24) is 20.3 Å². The molecule has 0 bridgehead atoms. The van der Waals surface area contributed by atoms with Crippen molar-refractivity contribution in [2.24, 2.45) is 5.41 Å². The monoisotopic (exact) mass is 252 g/mol. The summed E-state index contributed by atoms with van der Waals surface area (Å²) in [6, 6.07) is -0.314. The van der Waals surface area contributed by atoms with Crippen molar-refractivity contribution in [3.63, 3.8) is 0 Å². The number of nitrogens with one attached hydrogen (secondary N) is 1. The van der Waals surface area contributed by atoms with Crippen molar-refractivity contribution in [3.8, 4) is 0 Å². The minimum Gasteiger partial charge on any atom is -0.481 e. The van der Waals surface area contributed by atoms with Crippen molar-refractivity contribution in [1.29, 1.82) is 0 Å². The highest BCUT2D eigenvalue weighted by atomic mass is 16.4. The number of amides is 1. The van der Waals surface area contributed by atoms with Crippen molar-refractivity contribution < 1.29 is 14.7 Å². The van der Waals surface area contributed by atoms with Crippen molar-refractivity contribution in [3.05, 3.63) is 12.4 Å². The van der Waals surface area contributed by atoms with E-state index in [4.69, 9.17) is 0 Å². The molecule has 1 aromatic heterocycles. The maximum atomic E-state index is 11.8. The van der Waals surface area contributed by atoms with E-state index < -0.39 is 11.4 Å². The van der Waals surface area contributed by atoms with Crippen LogP contribution in [0.25, 0.3) is 0 Å². The topological polar surface area (TPSA) is 97.1 Å². The SMILES string of the molecule is CC1(C(=O)O)CCCC1NC(=O)Cn1ccnn1. The van der Waals surface area contributed by atoms with Crippen LogP contribution in [0.4, 0.5) is 0 Å². The number of hydrogen-bond acceptors (Lipinski definition) is 4. The first-order valence-corrected chi connectivity index (χ1v) is 5.89. The number of carboxylic acids is 1. The van der Waals surface area contributed by atoms with Crippen LogP contribution in [0.1, 0.15) is 26.2 Å². The van der Waals surface area contributed by atoms with Gasteiger partial charge in [-0.25, -0.2) is 4.68 Å². The number of aromatic nitrogens is 3. The Morgan fingerprint density at radius 2 is 2.39 bits per heavy atom. The summed E-state index contributed by atoms with van der Waals surface area (Å²) in [7, 11) is 0. The predicted octanol–water partition coefficient (Wildman–Crippen LogP) is 0.0377. The molecule has 1 aromatic rings. The van der Waals surface area contributed by atoms with E-state index in [2.05, 4.69) is 15.6 Å². The zero-order valence-electron chi connectivity index (χ0n) is 10.2. The highest BCUT2D eigenvalue weighted by molar-refractivity contribution is 5.80. The van der Waals surface area contributed by atoms with Gasteiger partial charge in [-0.3, -0.25) is 9.59 Å². The average molecular weight is 252 g/mol. The van der Waals surface area contributed by atoms with E-state index in [0.717, 1.165) is 6.42 Å². The zero-order chi connectivity index (χ0) is 13.2. The maximum Gasteiger partial charge on any atom is 0.311 e. The summed E-state index contributed by atoms with van der Waals surface area (Å²) in [6.07, 6.45) is 5.19. The Labute approximate surface area is 104 Å². The molecule has 1 aliphatic carbocycles. The van der Waals surface area contributed by atoms with Gasteiger partial charge in [0.05, 0.1) is 11.6 Å². The molecule has 7 heteroatoms. The Bertz CT molecular complexity index is 445. The minimum absolute atomic E-state index is 0.0617. The second-order valence-corrected chi connectivity index (χ2v) is 4.84. The summed E-state index contributed by atoms with van der Waals surface area (Å²) >= 11 is 0. The second kappa shape index (κ2) is 4.75. The quantitative estimate of drug-likeness (QED) is 0.788. The molecule has 2 N–H and O–H groups in total. The summed E-state index contributed by atoms with van der Waals surface area (Å²) in [5.41, 5.74) is -0.863. The van der Waals surface area contributed by atoms with Crippen LogP contribution in [0, 0.1) is 5.41 Å². The van der Waals surface area contributed by atoms with Gasteiger partial charge < -0.3 is 10.4 Å². The fraction of sp³-hybridized carbons (Fsp3) is 0.636. The summed E-state index contributed by atoms with van der Waals surface area (Å²) in [5.74, 6) is -1.09. The standard InChI is InChI=1S/C11H16N4O3/c1-11(10(17)18)4-2-3-8(11)13-9(16)7-15-6-5-12-14-15/h5-6,8H,2-4,7H2,1H3,(H,13,16)(H,17,18). The largest absolute Gasteiger partial charge is 0.481 e. The zero-order valence-corrected chi connectivity index (χ0v) is 10.2. The third-order valence-corrected chi connectivity index (χ3v) is 3.56. The van der Waals surface area contributed by atoms with Gasteiger partial charge in [0.25, 0.3) is 0 Å². The van der Waals surface area contributed by atoms with Gasteiger partial charge in [-0.05, 0) is 19.8 Å². The predicted molar refractivity (Wildman–Crippen MR) is 61.5 cm³/mol. The van der Waals surface area contributed by atoms with Gasteiger partial charge in [0, 0.05) is 12.2 Å². The van der Waals surface area contributed by atoms with Crippen LogP contribution in [0.15, 0.2) is 12.4 Å². The van der Waals surface area contributed by atoms with Crippen LogP contribution < -0.4 is 5.32 Å². The molecule has 0 aromatic carbocycles. The maximum absolute atomic E-state index is 11.8. The minimum atomic E-state index is -0.863. The highest BCUT2D eigenvalue weighted by Gasteiger charge is 2.45. The van der Waals surface area contributed by atoms with E-state index >= 15 is 0 Å². The molecule has 7 nitrogen and oxygen atoms in total. The smallest absolute Gasteiger partial charge is 0.311 e. The van der Waals surface area contributed by atoms with Crippen molar-refractivity contribution in [2.75, 3.05) is 0 Å². The van der Waals surface area contributed by atoms with Crippen LogP contribution in [0.5, 0.6) is 0 Å². The normalized spacial score (nSPS) is 27.1. The highest BCUT2D eigenvalue weighted by Crippen LogP contribution is 2.38. The number of carbonyl (C=O) groups excluding carboxylic acids is 1. The molecule has 0 spiro atoms. The molecule has 2 atom stereocenters. The molecule has 0 radical (unpaired) electrons. The molecule has 1 fully saturated rings. The van der Waals surface area contributed by atoms with Crippen LogP contribution in [0.3, 0.4) is 0 Å². The van der Waals surface area contributed by atoms with Gasteiger partial charge >= 0.3 is 5.97 Å². The van der Waals surface area contributed by atoms with Crippen molar-refractivity contribution >= 4 is 11.9 Å². The van der Waals surface area contributed by atoms with E-state index in [1.54, 1.807) is 13.1 Å². The molecule has 1 aliphatic rings. The molecule has 1 amide bonds. The van der Waals surface area contributed by atoms with E-state index in [9.17, 15) is 14.7 Å². The first-order chi connectivity index (χ1) is 8.52. The lowest BCUT2D eigenvalue weighted by Gasteiger charge is -2.27. The fourth-order valence-corrected chi connectivity index (χ4v) is 2.36. The number of nitrogens with zero attached hydrogens (tertiary/aromatic N) is 3. The summed E-state index contributed by atoms with van der Waals surface area (Å²) in [5, 5.41) is 19.3. The Kier molecular flexibility index (Phi) is 3.31. The molecule has 0 aliphatic heterocycles. The third-order valence-electron chi connectivity index (χ3n) is 3.56. The fourth-order valence-electron chi connectivity index (χ4n) is 2.36. The molecule has 2 unspecified atom stereocenters. The first-order valence-electron chi connectivity index (χ1n) is 5.89. The molecule has 1 saturated carbocycles. The van der Waals surface area contributed by atoms with Crippen LogP contribution in [-0.4, -0.2) is 38.0 Å². The molecular weight excluding hydrogens is 236 g/mol. The Morgan fingerprint density at radius 1 is 1.61 bits per heavy atom. The molecular formula is C11H16N4O3. The number of hydrogen-bond donors (Lipinski definition) is 2. The molecule has 18 heavy (non-hydrogen) atoms. The van der Waals surface area contributed by atoms with Crippen LogP contribution in [-0.2, 0) is 16.1 Å². The van der Waals surface area contributed by atoms with Gasteiger partial charge in [0.15, 0.2) is 0 Å². The third kappa shape index (κ3) is 2.34. The summed E-state index contributed by atoms with van der Waals surface area (Å²) < 4.78 is 1.41. The van der Waals surface area contributed by atoms with Gasteiger partial charge in [0.2, 0.25) is 5.91 Å². The first kappa shape index (κ1) is 12.5. The Balaban J connectivity index is 1.96. The van der Waals surface area contributed by atoms with E-state index in [1.807, 2.05) is 0 Å². The molecule has 2 rings (SSSR count).